The van der Waals surface area contributed by atoms with E-state index in [0.29, 0.717) is 0 Å². The van der Waals surface area contributed by atoms with Crippen molar-refractivity contribution < 1.29 is 4.79 Å². The molecule has 1 aliphatic rings. The quantitative estimate of drug-likeness (QED) is 0.723. The van der Waals surface area contributed by atoms with Gasteiger partial charge in [0.2, 0.25) is 0 Å². The molecule has 1 aromatic carbocycles. The third kappa shape index (κ3) is 2.06. The first-order valence-corrected chi connectivity index (χ1v) is 8.45. The van der Waals surface area contributed by atoms with E-state index in [1.807, 2.05) is 23.1 Å². The highest BCUT2D eigenvalue weighted by Crippen LogP contribution is 2.27. The van der Waals surface area contributed by atoms with Gasteiger partial charge in [-0.1, -0.05) is 0 Å². The second-order valence-corrected chi connectivity index (χ2v) is 6.98. The van der Waals surface area contributed by atoms with Crippen LogP contribution in [0.5, 0.6) is 0 Å². The van der Waals surface area contributed by atoms with E-state index < -0.39 is 0 Å². The molecule has 3 heterocycles. The van der Waals surface area contributed by atoms with Crippen molar-refractivity contribution in [2.24, 2.45) is 0 Å². The first-order valence-electron chi connectivity index (χ1n) is 7.57. The average Bonchev–Trinajstić information content (AvgIpc) is 3.11. The topological polar surface area (TPSA) is 36.1 Å². The maximum Gasteiger partial charge on any atom is 0.254 e. The zero-order valence-electron chi connectivity index (χ0n) is 12.8. The molecule has 1 aliphatic heterocycles. The van der Waals surface area contributed by atoms with Crippen molar-refractivity contribution in [3.05, 3.63) is 56.9 Å². The number of carbonyl (C=O) groups is 1. The predicted molar refractivity (Wildman–Crippen MR) is 90.5 cm³/mol. The van der Waals surface area contributed by atoms with Crippen molar-refractivity contribution >= 4 is 28.1 Å². The molecule has 112 valence electrons. The maximum absolute atomic E-state index is 12.8. The van der Waals surface area contributed by atoms with Crippen LogP contribution in [-0.4, -0.2) is 22.3 Å². The first kappa shape index (κ1) is 13.6. The molecule has 0 atom stereocenters. The Kier molecular flexibility index (Phi) is 3.08. The predicted octanol–water partition coefficient (Wildman–Crippen LogP) is 4.04. The van der Waals surface area contributed by atoms with Gasteiger partial charge in [0.25, 0.3) is 5.91 Å². The standard InChI is InChI=1S/C18H18N2OS/c1-11-12(2)19-16-4-3-13(9-15(11)16)18(21)20-7-5-17-14(10-20)6-8-22-17/h3-4,6,8-9,19H,5,7,10H2,1-2H3. The highest BCUT2D eigenvalue weighted by molar-refractivity contribution is 7.10. The van der Waals surface area contributed by atoms with E-state index in [1.54, 1.807) is 11.3 Å². The van der Waals surface area contributed by atoms with E-state index in [-0.39, 0.29) is 5.91 Å². The summed E-state index contributed by atoms with van der Waals surface area (Å²) in [6.07, 6.45) is 0.975. The lowest BCUT2D eigenvalue weighted by molar-refractivity contribution is 0.0736. The molecule has 3 nitrogen and oxygen atoms in total. The number of aromatic amines is 1. The normalized spacial score (nSPS) is 14.4. The van der Waals surface area contributed by atoms with Crippen molar-refractivity contribution in [1.82, 2.24) is 9.88 Å². The number of H-pyrrole nitrogens is 1. The van der Waals surface area contributed by atoms with Gasteiger partial charge in [0.15, 0.2) is 0 Å². The Balaban J connectivity index is 1.67. The van der Waals surface area contributed by atoms with E-state index in [9.17, 15) is 4.79 Å². The molecule has 2 aromatic heterocycles. The number of thiophene rings is 1. The molecule has 3 aromatic rings. The highest BCUT2D eigenvalue weighted by atomic mass is 32.1. The molecule has 0 saturated heterocycles. The van der Waals surface area contributed by atoms with Gasteiger partial charge in [0.05, 0.1) is 0 Å². The number of aryl methyl sites for hydroxylation is 2. The van der Waals surface area contributed by atoms with Crippen molar-refractivity contribution in [3.63, 3.8) is 0 Å². The fourth-order valence-corrected chi connectivity index (χ4v) is 4.09. The zero-order valence-corrected chi connectivity index (χ0v) is 13.6. The Labute approximate surface area is 133 Å². The van der Waals surface area contributed by atoms with E-state index in [4.69, 9.17) is 0 Å². The van der Waals surface area contributed by atoms with Crippen molar-refractivity contribution in [2.75, 3.05) is 6.54 Å². The minimum atomic E-state index is 0.136. The summed E-state index contributed by atoms with van der Waals surface area (Å²) >= 11 is 1.80. The molecule has 0 unspecified atom stereocenters. The number of benzene rings is 1. The number of nitrogens with zero attached hydrogens (tertiary/aromatic N) is 1. The number of hydrogen-bond donors (Lipinski definition) is 1. The van der Waals surface area contributed by atoms with Crippen molar-refractivity contribution in [3.8, 4) is 0 Å². The lowest BCUT2D eigenvalue weighted by Crippen LogP contribution is -2.35. The number of amides is 1. The Morgan fingerprint density at radius 1 is 1.27 bits per heavy atom. The van der Waals surface area contributed by atoms with Crippen LogP contribution in [0.2, 0.25) is 0 Å². The third-order valence-corrected chi connectivity index (χ3v) is 5.67. The smallest absolute Gasteiger partial charge is 0.254 e. The molecule has 0 saturated carbocycles. The lowest BCUT2D eigenvalue weighted by atomic mass is 10.1. The van der Waals surface area contributed by atoms with Crippen LogP contribution in [0, 0.1) is 13.8 Å². The number of hydrogen-bond acceptors (Lipinski definition) is 2. The highest BCUT2D eigenvalue weighted by Gasteiger charge is 2.22. The summed E-state index contributed by atoms with van der Waals surface area (Å²) in [6.45, 7) is 5.72. The summed E-state index contributed by atoms with van der Waals surface area (Å²) < 4.78 is 0. The van der Waals surface area contributed by atoms with Crippen molar-refractivity contribution in [1.29, 1.82) is 0 Å². The third-order valence-electron chi connectivity index (χ3n) is 4.65. The van der Waals surface area contributed by atoms with Gasteiger partial charge < -0.3 is 9.88 Å². The maximum atomic E-state index is 12.8. The second-order valence-electron chi connectivity index (χ2n) is 5.98. The van der Waals surface area contributed by atoms with Crippen LogP contribution in [0.15, 0.2) is 29.6 Å². The minimum Gasteiger partial charge on any atom is -0.358 e. The van der Waals surface area contributed by atoms with Gasteiger partial charge in [-0.15, -0.1) is 11.3 Å². The number of carbonyl (C=O) groups excluding carboxylic acids is 1. The number of aromatic nitrogens is 1. The fraction of sp³-hybridized carbons (Fsp3) is 0.278. The number of nitrogens with one attached hydrogen (secondary N) is 1. The van der Waals surface area contributed by atoms with E-state index in [0.717, 1.165) is 36.0 Å². The molecule has 0 bridgehead atoms. The molecule has 0 radical (unpaired) electrons. The van der Waals surface area contributed by atoms with Crippen LogP contribution in [0.1, 0.15) is 32.1 Å². The van der Waals surface area contributed by atoms with Crippen LogP contribution in [0.25, 0.3) is 10.9 Å². The summed E-state index contributed by atoms with van der Waals surface area (Å²) in [5, 5.41) is 3.27. The minimum absolute atomic E-state index is 0.136. The van der Waals surface area contributed by atoms with Gasteiger partial charge in [-0.3, -0.25) is 4.79 Å². The van der Waals surface area contributed by atoms with Crippen LogP contribution in [0.4, 0.5) is 0 Å². The summed E-state index contributed by atoms with van der Waals surface area (Å²) in [7, 11) is 0. The van der Waals surface area contributed by atoms with Crippen molar-refractivity contribution in [2.45, 2.75) is 26.8 Å². The van der Waals surface area contributed by atoms with Gasteiger partial charge in [0, 0.05) is 40.1 Å². The Morgan fingerprint density at radius 3 is 3.00 bits per heavy atom. The fourth-order valence-electron chi connectivity index (χ4n) is 3.20. The van der Waals surface area contributed by atoms with Gasteiger partial charge in [0.1, 0.15) is 0 Å². The molecule has 1 N–H and O–H groups in total. The molecule has 22 heavy (non-hydrogen) atoms. The molecule has 4 rings (SSSR count). The Morgan fingerprint density at radius 2 is 2.14 bits per heavy atom. The molecule has 0 aliphatic carbocycles. The van der Waals surface area contributed by atoms with Crippen LogP contribution >= 0.6 is 11.3 Å². The van der Waals surface area contributed by atoms with E-state index >= 15 is 0 Å². The summed E-state index contributed by atoms with van der Waals surface area (Å²) in [5.41, 5.74) is 5.59. The monoisotopic (exact) mass is 310 g/mol. The van der Waals surface area contributed by atoms with Gasteiger partial charge in [-0.2, -0.15) is 0 Å². The first-order chi connectivity index (χ1) is 10.6. The largest absolute Gasteiger partial charge is 0.358 e. The molecular formula is C18H18N2OS. The van der Waals surface area contributed by atoms with Gasteiger partial charge >= 0.3 is 0 Å². The van der Waals surface area contributed by atoms with E-state index in [1.165, 1.54) is 21.7 Å². The molecule has 0 spiro atoms. The van der Waals surface area contributed by atoms with Gasteiger partial charge in [-0.05, 0) is 61.0 Å². The number of rotatable bonds is 1. The Hall–Kier alpha value is -2.07. The SMILES string of the molecule is Cc1[nH]c2ccc(C(=O)N3CCc4sccc4C3)cc2c1C. The second kappa shape index (κ2) is 4.99. The summed E-state index contributed by atoms with van der Waals surface area (Å²) in [6, 6.07) is 8.12. The average molecular weight is 310 g/mol. The molecule has 4 heteroatoms. The van der Waals surface area contributed by atoms with Gasteiger partial charge in [-0.25, -0.2) is 0 Å². The van der Waals surface area contributed by atoms with Crippen LogP contribution in [-0.2, 0) is 13.0 Å². The molecular weight excluding hydrogens is 292 g/mol. The lowest BCUT2D eigenvalue weighted by Gasteiger charge is -2.27. The Bertz CT molecular complexity index is 874. The zero-order chi connectivity index (χ0) is 15.3. The number of fused-ring (bicyclic) bond motifs is 2. The van der Waals surface area contributed by atoms with E-state index in [2.05, 4.69) is 30.3 Å². The molecule has 1 amide bonds. The van der Waals surface area contributed by atoms with Crippen LogP contribution < -0.4 is 0 Å². The summed E-state index contributed by atoms with van der Waals surface area (Å²) in [5.74, 6) is 0.136. The summed E-state index contributed by atoms with van der Waals surface area (Å²) in [4.78, 5) is 19.6. The van der Waals surface area contributed by atoms with Crippen LogP contribution in [0.3, 0.4) is 0 Å². The molecule has 0 fully saturated rings.